The van der Waals surface area contributed by atoms with Gasteiger partial charge in [-0.05, 0) is 56.5 Å². The Labute approximate surface area is 179 Å². The molecule has 1 atom stereocenters. The lowest BCUT2D eigenvalue weighted by Gasteiger charge is -2.20. The van der Waals surface area contributed by atoms with Crippen LogP contribution >= 0.6 is 0 Å². The molecule has 1 fully saturated rings. The summed E-state index contributed by atoms with van der Waals surface area (Å²) in [5, 5.41) is 6.09. The zero-order chi connectivity index (χ0) is 21.8. The van der Waals surface area contributed by atoms with E-state index in [4.69, 9.17) is 10.5 Å². The highest BCUT2D eigenvalue weighted by molar-refractivity contribution is 5.96. The van der Waals surface area contributed by atoms with E-state index < -0.39 is 5.91 Å². The molecule has 0 radical (unpaired) electrons. The molecule has 0 aliphatic heterocycles. The molecule has 162 valence electrons. The first-order valence-electron chi connectivity index (χ1n) is 10.6. The lowest BCUT2D eigenvalue weighted by molar-refractivity contribution is -0.117. The summed E-state index contributed by atoms with van der Waals surface area (Å²) in [5.41, 5.74) is 6.70. The molecule has 0 saturated heterocycles. The number of rotatable bonds is 8. The molecule has 4 N–H and O–H groups in total. The minimum atomic E-state index is -0.552. The molecule has 1 unspecified atom stereocenters. The maximum Gasteiger partial charge on any atom is 0.251 e. The summed E-state index contributed by atoms with van der Waals surface area (Å²) in [7, 11) is 0. The number of nitrogens with two attached hydrogens (primary N) is 1. The van der Waals surface area contributed by atoms with Crippen LogP contribution in [-0.4, -0.2) is 31.0 Å². The Bertz CT molecular complexity index is 789. The van der Waals surface area contributed by atoms with Gasteiger partial charge in [-0.2, -0.15) is 0 Å². The number of carbonyl (C=O) groups is 2. The van der Waals surface area contributed by atoms with Gasteiger partial charge in [-0.25, -0.2) is 0 Å². The molecule has 0 spiro atoms. The molecular formula is C24H33N3O3. The van der Waals surface area contributed by atoms with E-state index in [2.05, 4.69) is 35.8 Å². The Morgan fingerprint density at radius 3 is 2.43 bits per heavy atom. The minimum absolute atomic E-state index is 0.131. The van der Waals surface area contributed by atoms with Gasteiger partial charge in [0.25, 0.3) is 5.91 Å². The van der Waals surface area contributed by atoms with E-state index in [1.54, 1.807) is 24.3 Å². The third-order valence-electron chi connectivity index (χ3n) is 4.97. The number of carbonyl (C=O) groups excluding carboxylic acids is 2. The van der Waals surface area contributed by atoms with E-state index in [-0.39, 0.29) is 12.5 Å². The van der Waals surface area contributed by atoms with E-state index in [1.807, 2.05) is 19.1 Å². The summed E-state index contributed by atoms with van der Waals surface area (Å²) in [6.45, 7) is 4.86. The van der Waals surface area contributed by atoms with Crippen LogP contribution in [0.1, 0.15) is 61.5 Å². The average Bonchev–Trinajstić information content (AvgIpc) is 3.26. The van der Waals surface area contributed by atoms with Gasteiger partial charge in [-0.3, -0.25) is 9.59 Å². The molecule has 6 nitrogen and oxygen atoms in total. The number of hydrogen-bond donors (Lipinski definition) is 3. The van der Waals surface area contributed by atoms with Crippen molar-refractivity contribution >= 4 is 11.8 Å². The van der Waals surface area contributed by atoms with E-state index >= 15 is 0 Å². The lowest BCUT2D eigenvalue weighted by Crippen LogP contribution is -2.33. The van der Waals surface area contributed by atoms with Gasteiger partial charge in [0, 0.05) is 17.6 Å². The number of nitrogens with one attached hydrogen (secondary N) is 2. The molecule has 30 heavy (non-hydrogen) atoms. The summed E-state index contributed by atoms with van der Waals surface area (Å²) in [6, 6.07) is 18.2. The molecule has 1 saturated carbocycles. The fourth-order valence-electron chi connectivity index (χ4n) is 3.44. The fraction of sp³-hybridized carbons (Fsp3) is 0.417. The quantitative estimate of drug-likeness (QED) is 0.619. The molecule has 2 amide bonds. The monoisotopic (exact) mass is 411 g/mol. The fourth-order valence-corrected chi connectivity index (χ4v) is 3.44. The SMILES string of the molecule is CCOc1cccc(C(C)NC2CCCC2)c1.NC(=O)CNC(=O)c1ccccc1. The topological polar surface area (TPSA) is 93.4 Å². The molecule has 1 aliphatic rings. The van der Waals surface area contributed by atoms with Crippen molar-refractivity contribution in [1.82, 2.24) is 10.6 Å². The second kappa shape index (κ2) is 12.6. The maximum atomic E-state index is 11.2. The molecule has 0 aromatic heterocycles. The van der Waals surface area contributed by atoms with Crippen LogP contribution in [0.2, 0.25) is 0 Å². The second-order valence-corrected chi connectivity index (χ2v) is 7.39. The smallest absolute Gasteiger partial charge is 0.251 e. The van der Waals surface area contributed by atoms with Crippen LogP contribution in [0.5, 0.6) is 5.75 Å². The van der Waals surface area contributed by atoms with Crippen LogP contribution < -0.4 is 21.1 Å². The third kappa shape index (κ3) is 8.25. The van der Waals surface area contributed by atoms with Gasteiger partial charge < -0.3 is 21.1 Å². The summed E-state index contributed by atoms with van der Waals surface area (Å²) in [5.74, 6) is 0.133. The molecule has 3 rings (SSSR count). The van der Waals surface area contributed by atoms with Gasteiger partial charge >= 0.3 is 0 Å². The standard InChI is InChI=1S/C15H23NO.C9H10N2O2/c1-3-17-15-10-6-7-13(11-15)12(2)16-14-8-4-5-9-14;10-8(12)6-11-9(13)7-4-2-1-3-5-7/h6-7,10-12,14,16H,3-5,8-9H2,1-2H3;1-5H,6H2,(H2,10,12)(H,11,13). The first kappa shape index (κ1) is 23.4. The highest BCUT2D eigenvalue weighted by Gasteiger charge is 2.17. The van der Waals surface area contributed by atoms with Gasteiger partial charge in [0.15, 0.2) is 0 Å². The lowest BCUT2D eigenvalue weighted by atomic mass is 10.1. The van der Waals surface area contributed by atoms with Crippen LogP contribution in [0, 0.1) is 0 Å². The average molecular weight is 412 g/mol. The highest BCUT2D eigenvalue weighted by atomic mass is 16.5. The Morgan fingerprint density at radius 2 is 1.80 bits per heavy atom. The summed E-state index contributed by atoms with van der Waals surface area (Å²) < 4.78 is 5.54. The zero-order valence-corrected chi connectivity index (χ0v) is 17.9. The van der Waals surface area contributed by atoms with E-state index in [9.17, 15) is 9.59 Å². The van der Waals surface area contributed by atoms with Gasteiger partial charge in [-0.1, -0.05) is 43.2 Å². The Morgan fingerprint density at radius 1 is 1.10 bits per heavy atom. The number of primary amides is 1. The van der Waals surface area contributed by atoms with Crippen molar-refractivity contribution in [2.75, 3.05) is 13.2 Å². The van der Waals surface area contributed by atoms with Crippen molar-refractivity contribution in [2.24, 2.45) is 5.73 Å². The molecule has 1 aliphatic carbocycles. The van der Waals surface area contributed by atoms with Crippen LogP contribution in [0.15, 0.2) is 54.6 Å². The Balaban J connectivity index is 0.000000222. The summed E-state index contributed by atoms with van der Waals surface area (Å²) in [4.78, 5) is 21.6. The van der Waals surface area contributed by atoms with Gasteiger partial charge in [0.1, 0.15) is 5.75 Å². The second-order valence-electron chi connectivity index (χ2n) is 7.39. The zero-order valence-electron chi connectivity index (χ0n) is 17.9. The van der Waals surface area contributed by atoms with E-state index in [0.717, 1.165) is 12.4 Å². The number of benzene rings is 2. The molecule has 0 heterocycles. The first-order chi connectivity index (χ1) is 14.5. The van der Waals surface area contributed by atoms with Crippen LogP contribution in [0.3, 0.4) is 0 Å². The predicted molar refractivity (Wildman–Crippen MR) is 119 cm³/mol. The molecule has 2 aromatic carbocycles. The third-order valence-corrected chi connectivity index (χ3v) is 4.97. The Kier molecular flexibility index (Phi) is 9.87. The summed E-state index contributed by atoms with van der Waals surface area (Å²) >= 11 is 0. The summed E-state index contributed by atoms with van der Waals surface area (Å²) in [6.07, 6.45) is 5.41. The van der Waals surface area contributed by atoms with Gasteiger partial charge in [0.05, 0.1) is 13.2 Å². The first-order valence-corrected chi connectivity index (χ1v) is 10.6. The highest BCUT2D eigenvalue weighted by Crippen LogP contribution is 2.24. The van der Waals surface area contributed by atoms with E-state index in [0.29, 0.717) is 17.6 Å². The van der Waals surface area contributed by atoms with Crippen molar-refractivity contribution in [1.29, 1.82) is 0 Å². The molecular weight excluding hydrogens is 378 g/mol. The van der Waals surface area contributed by atoms with Crippen molar-refractivity contribution < 1.29 is 14.3 Å². The van der Waals surface area contributed by atoms with E-state index in [1.165, 1.54) is 31.2 Å². The molecule has 6 heteroatoms. The minimum Gasteiger partial charge on any atom is -0.494 e. The van der Waals surface area contributed by atoms with Crippen molar-refractivity contribution in [3.8, 4) is 5.75 Å². The maximum absolute atomic E-state index is 11.2. The van der Waals surface area contributed by atoms with Crippen molar-refractivity contribution in [3.05, 3.63) is 65.7 Å². The van der Waals surface area contributed by atoms with Crippen molar-refractivity contribution in [3.63, 3.8) is 0 Å². The largest absolute Gasteiger partial charge is 0.494 e. The van der Waals surface area contributed by atoms with Crippen LogP contribution in [0.25, 0.3) is 0 Å². The predicted octanol–water partition coefficient (Wildman–Crippen LogP) is 3.58. The normalized spacial score (nSPS) is 14.3. The molecule has 2 aromatic rings. The number of ether oxygens (including phenoxy) is 1. The van der Waals surface area contributed by atoms with Gasteiger partial charge in [-0.15, -0.1) is 0 Å². The Hall–Kier alpha value is -2.86. The number of amides is 2. The van der Waals surface area contributed by atoms with Crippen LogP contribution in [-0.2, 0) is 4.79 Å². The van der Waals surface area contributed by atoms with Crippen molar-refractivity contribution in [2.45, 2.75) is 51.6 Å². The number of hydrogen-bond acceptors (Lipinski definition) is 4. The van der Waals surface area contributed by atoms with Gasteiger partial charge in [0.2, 0.25) is 5.91 Å². The molecule has 0 bridgehead atoms. The van der Waals surface area contributed by atoms with Crippen LogP contribution in [0.4, 0.5) is 0 Å².